The van der Waals surface area contributed by atoms with Crippen molar-refractivity contribution in [1.29, 1.82) is 0 Å². The number of carbonyl (C=O) groups is 1. The predicted molar refractivity (Wildman–Crippen MR) is 112 cm³/mol. The Balaban J connectivity index is 1.65. The van der Waals surface area contributed by atoms with Crippen molar-refractivity contribution in [2.45, 2.75) is 13.5 Å². The molecule has 0 unspecified atom stereocenters. The Morgan fingerprint density at radius 2 is 2.11 bits per heavy atom. The molecule has 0 fully saturated rings. The maximum absolute atomic E-state index is 12.6. The van der Waals surface area contributed by atoms with Gasteiger partial charge in [-0.3, -0.25) is 4.79 Å². The number of ether oxygens (including phenoxy) is 1. The number of hydrogen-bond acceptors (Lipinski definition) is 5. The Labute approximate surface area is 166 Å². The van der Waals surface area contributed by atoms with Gasteiger partial charge in [0.25, 0.3) is 5.91 Å². The zero-order valence-corrected chi connectivity index (χ0v) is 16.5. The Morgan fingerprint density at radius 1 is 1.25 bits per heavy atom. The minimum atomic E-state index is -0.260. The normalized spacial score (nSPS) is 11.1. The first-order valence-electron chi connectivity index (χ1n) is 8.93. The van der Waals surface area contributed by atoms with Crippen LogP contribution in [0.4, 0.5) is 5.82 Å². The summed E-state index contributed by atoms with van der Waals surface area (Å²) in [6, 6.07) is 14.0. The molecule has 1 aromatic carbocycles. The molecule has 4 rings (SSSR count). The number of thiazole rings is 1. The molecule has 3 aromatic heterocycles. The van der Waals surface area contributed by atoms with Crippen molar-refractivity contribution in [3.05, 3.63) is 65.3 Å². The lowest BCUT2D eigenvalue weighted by Crippen LogP contribution is -2.14. The van der Waals surface area contributed by atoms with Crippen LogP contribution in [-0.4, -0.2) is 34.2 Å². The molecule has 0 saturated carbocycles. The topological polar surface area (TPSA) is 69.0 Å². The van der Waals surface area contributed by atoms with Gasteiger partial charge in [-0.05, 0) is 30.7 Å². The third-order valence-electron chi connectivity index (χ3n) is 4.53. The van der Waals surface area contributed by atoms with Crippen LogP contribution in [0, 0.1) is 6.92 Å². The van der Waals surface area contributed by atoms with Crippen molar-refractivity contribution in [1.82, 2.24) is 14.5 Å². The number of para-hydroxylation sites is 1. The van der Waals surface area contributed by atoms with Gasteiger partial charge < -0.3 is 14.6 Å². The van der Waals surface area contributed by atoms with E-state index in [0.717, 1.165) is 27.2 Å². The second-order valence-corrected chi connectivity index (χ2v) is 7.25. The second kappa shape index (κ2) is 7.92. The van der Waals surface area contributed by atoms with Crippen LogP contribution in [0.1, 0.15) is 16.1 Å². The van der Waals surface area contributed by atoms with Crippen molar-refractivity contribution in [2.24, 2.45) is 0 Å². The Hall–Kier alpha value is -3.03. The summed E-state index contributed by atoms with van der Waals surface area (Å²) in [6.07, 6.45) is 1.66. The summed E-state index contributed by atoms with van der Waals surface area (Å²) in [5.41, 5.74) is 3.40. The number of nitrogens with one attached hydrogen (secondary N) is 1. The number of benzene rings is 1. The van der Waals surface area contributed by atoms with E-state index < -0.39 is 0 Å². The fourth-order valence-corrected chi connectivity index (χ4v) is 3.92. The van der Waals surface area contributed by atoms with E-state index in [4.69, 9.17) is 4.74 Å². The molecule has 0 aliphatic heterocycles. The van der Waals surface area contributed by atoms with Crippen molar-refractivity contribution >= 4 is 34.0 Å². The van der Waals surface area contributed by atoms with Crippen molar-refractivity contribution in [3.8, 4) is 10.7 Å². The molecule has 0 aliphatic carbocycles. The summed E-state index contributed by atoms with van der Waals surface area (Å²) in [5.74, 6) is 0.292. The van der Waals surface area contributed by atoms with Gasteiger partial charge in [0.1, 0.15) is 16.5 Å². The lowest BCUT2D eigenvalue weighted by atomic mass is 10.2. The maximum atomic E-state index is 12.6. The number of fused-ring (bicyclic) bond motifs is 1. The van der Waals surface area contributed by atoms with E-state index in [-0.39, 0.29) is 5.91 Å². The molecule has 0 bridgehead atoms. The van der Waals surface area contributed by atoms with E-state index >= 15 is 0 Å². The Morgan fingerprint density at radius 3 is 2.93 bits per heavy atom. The summed E-state index contributed by atoms with van der Waals surface area (Å²) in [6.45, 7) is 3.22. The van der Waals surface area contributed by atoms with E-state index in [1.54, 1.807) is 18.7 Å². The lowest BCUT2D eigenvalue weighted by molar-refractivity contribution is 0.102. The Kier molecular flexibility index (Phi) is 5.18. The molecule has 142 valence electrons. The van der Waals surface area contributed by atoms with Gasteiger partial charge in [0.15, 0.2) is 0 Å². The average Bonchev–Trinajstić information content (AvgIpc) is 3.33. The van der Waals surface area contributed by atoms with E-state index in [2.05, 4.69) is 38.1 Å². The predicted octanol–water partition coefficient (Wildman–Crippen LogP) is 4.37. The van der Waals surface area contributed by atoms with Gasteiger partial charge in [0.2, 0.25) is 0 Å². The number of nitrogens with zero attached hydrogens (tertiary/aromatic N) is 3. The van der Waals surface area contributed by atoms with Crippen molar-refractivity contribution in [3.63, 3.8) is 0 Å². The molecular weight excluding hydrogens is 372 g/mol. The summed E-state index contributed by atoms with van der Waals surface area (Å²) in [7, 11) is 1.69. The molecule has 0 radical (unpaired) electrons. The molecule has 1 amide bonds. The molecule has 0 spiro atoms. The minimum Gasteiger partial charge on any atom is -0.383 e. The number of aromatic nitrogens is 3. The monoisotopic (exact) mass is 392 g/mol. The number of amides is 1. The molecule has 1 N–H and O–H groups in total. The molecule has 4 aromatic rings. The maximum Gasteiger partial charge on any atom is 0.276 e. The third kappa shape index (κ3) is 3.54. The molecule has 7 heteroatoms. The first-order chi connectivity index (χ1) is 13.7. The van der Waals surface area contributed by atoms with Crippen LogP contribution in [0.3, 0.4) is 0 Å². The van der Waals surface area contributed by atoms with Crippen LogP contribution < -0.4 is 5.32 Å². The van der Waals surface area contributed by atoms with Crippen molar-refractivity contribution in [2.75, 3.05) is 19.0 Å². The van der Waals surface area contributed by atoms with Crippen molar-refractivity contribution < 1.29 is 9.53 Å². The highest BCUT2D eigenvalue weighted by Gasteiger charge is 2.17. The van der Waals surface area contributed by atoms with Crippen LogP contribution >= 0.6 is 11.3 Å². The summed E-state index contributed by atoms with van der Waals surface area (Å²) < 4.78 is 7.45. The fourth-order valence-electron chi connectivity index (χ4n) is 3.09. The van der Waals surface area contributed by atoms with E-state index in [0.29, 0.717) is 24.7 Å². The van der Waals surface area contributed by atoms with Gasteiger partial charge in [0, 0.05) is 36.1 Å². The van der Waals surface area contributed by atoms with E-state index in [9.17, 15) is 4.79 Å². The van der Waals surface area contributed by atoms with E-state index in [1.807, 2.05) is 31.2 Å². The molecule has 3 heterocycles. The number of rotatable bonds is 6. The number of aryl methyl sites for hydroxylation is 1. The SMILES string of the molecule is COCCn1c(-c2nc(C(=O)Nc3ncccc3C)cs2)cc2ccccc21. The number of methoxy groups -OCH3 is 1. The highest BCUT2D eigenvalue weighted by atomic mass is 32.1. The van der Waals surface area contributed by atoms with Crippen LogP contribution in [0.25, 0.3) is 21.6 Å². The first-order valence-corrected chi connectivity index (χ1v) is 9.81. The number of pyridine rings is 1. The second-order valence-electron chi connectivity index (χ2n) is 6.39. The molecule has 0 saturated heterocycles. The summed E-state index contributed by atoms with van der Waals surface area (Å²) in [4.78, 5) is 21.4. The zero-order valence-electron chi connectivity index (χ0n) is 15.7. The molecule has 6 nitrogen and oxygen atoms in total. The van der Waals surface area contributed by atoms with E-state index in [1.165, 1.54) is 11.3 Å². The number of carbonyl (C=O) groups excluding carboxylic acids is 1. The minimum absolute atomic E-state index is 0.260. The first kappa shape index (κ1) is 18.3. The van der Waals surface area contributed by atoms with Crippen LogP contribution in [0.15, 0.2) is 54.0 Å². The van der Waals surface area contributed by atoms with Gasteiger partial charge in [-0.1, -0.05) is 24.3 Å². The summed E-state index contributed by atoms with van der Waals surface area (Å²) in [5, 5.41) is 6.55. The summed E-state index contributed by atoms with van der Waals surface area (Å²) >= 11 is 1.45. The van der Waals surface area contributed by atoms with Gasteiger partial charge in [-0.25, -0.2) is 9.97 Å². The largest absolute Gasteiger partial charge is 0.383 e. The molecule has 0 atom stereocenters. The fraction of sp³-hybridized carbons (Fsp3) is 0.190. The molecular formula is C21H20N4O2S. The molecule has 0 aliphatic rings. The highest BCUT2D eigenvalue weighted by Crippen LogP contribution is 2.30. The van der Waals surface area contributed by atoms with Crippen LogP contribution in [0.5, 0.6) is 0 Å². The molecule has 28 heavy (non-hydrogen) atoms. The number of anilines is 1. The van der Waals surface area contributed by atoms with Gasteiger partial charge in [0.05, 0.1) is 12.3 Å². The number of hydrogen-bond donors (Lipinski definition) is 1. The quantitative estimate of drug-likeness (QED) is 0.529. The smallest absolute Gasteiger partial charge is 0.276 e. The van der Waals surface area contributed by atoms with Gasteiger partial charge in [-0.15, -0.1) is 11.3 Å². The standard InChI is InChI=1S/C21H20N4O2S/c1-14-6-5-9-22-19(14)24-20(26)16-13-28-21(23-16)18-12-15-7-3-4-8-17(15)25(18)10-11-27-2/h3-9,12-13H,10-11H2,1-2H3,(H,22,24,26). The van der Waals surface area contributed by atoms with Gasteiger partial charge in [-0.2, -0.15) is 0 Å². The highest BCUT2D eigenvalue weighted by molar-refractivity contribution is 7.13. The average molecular weight is 392 g/mol. The third-order valence-corrected chi connectivity index (χ3v) is 5.39. The van der Waals surface area contributed by atoms with Gasteiger partial charge >= 0.3 is 0 Å². The zero-order chi connectivity index (χ0) is 19.5. The lowest BCUT2D eigenvalue weighted by Gasteiger charge is -2.08. The Bertz CT molecular complexity index is 1130. The van der Waals surface area contributed by atoms with Crippen LogP contribution in [-0.2, 0) is 11.3 Å². The van der Waals surface area contributed by atoms with Crippen LogP contribution in [0.2, 0.25) is 0 Å².